The fraction of sp³-hybridized carbons (Fsp3) is 1.00. The van der Waals surface area contributed by atoms with Crippen LogP contribution in [0.4, 0.5) is 0 Å². The summed E-state index contributed by atoms with van der Waals surface area (Å²) in [6.45, 7) is 16.0. The van der Waals surface area contributed by atoms with Crippen LogP contribution in [-0.4, -0.2) is 36.6 Å². The molecule has 1 N–H and O–H groups in total. The van der Waals surface area contributed by atoms with E-state index in [2.05, 4.69) is 44.8 Å². The molecule has 2 heteroatoms. The number of nitrogens with one attached hydrogen (secondary N) is 1. The van der Waals surface area contributed by atoms with Crippen LogP contribution in [-0.2, 0) is 0 Å². The summed E-state index contributed by atoms with van der Waals surface area (Å²) in [4.78, 5) is 2.63. The summed E-state index contributed by atoms with van der Waals surface area (Å²) in [6.07, 6.45) is 8.06. The first-order chi connectivity index (χ1) is 9.30. The van der Waals surface area contributed by atoms with Gasteiger partial charge in [0.25, 0.3) is 0 Å². The van der Waals surface area contributed by atoms with Gasteiger partial charge in [-0.2, -0.15) is 0 Å². The Morgan fingerprint density at radius 1 is 0.950 bits per heavy atom. The molecule has 2 nitrogen and oxygen atoms in total. The Labute approximate surface area is 126 Å². The molecule has 0 aromatic carbocycles. The lowest BCUT2D eigenvalue weighted by Crippen LogP contribution is -2.50. The van der Waals surface area contributed by atoms with E-state index in [1.54, 1.807) is 0 Å². The van der Waals surface area contributed by atoms with E-state index < -0.39 is 0 Å². The Hall–Kier alpha value is -0.0800. The van der Waals surface area contributed by atoms with E-state index in [0.29, 0.717) is 10.8 Å². The summed E-state index contributed by atoms with van der Waals surface area (Å²) in [5.41, 5.74) is 1.00. The highest BCUT2D eigenvalue weighted by atomic mass is 15.1. The van der Waals surface area contributed by atoms with Crippen LogP contribution in [0.2, 0.25) is 0 Å². The number of nitrogens with zero attached hydrogens (tertiary/aromatic N) is 1. The maximum Gasteiger partial charge on any atom is 0.00940 e. The van der Waals surface area contributed by atoms with Gasteiger partial charge in [0.15, 0.2) is 0 Å². The fourth-order valence-corrected chi connectivity index (χ4v) is 4.94. The Bertz CT molecular complexity index is 285. The molecule has 2 aliphatic rings. The van der Waals surface area contributed by atoms with Gasteiger partial charge in [0.2, 0.25) is 0 Å². The quantitative estimate of drug-likeness (QED) is 0.835. The van der Waals surface area contributed by atoms with Crippen LogP contribution in [0, 0.1) is 10.8 Å². The van der Waals surface area contributed by atoms with Crippen LogP contribution in [0.5, 0.6) is 0 Å². The minimum absolute atomic E-state index is 0.502. The lowest BCUT2D eigenvalue weighted by atomic mass is 9.63. The lowest BCUT2D eigenvalue weighted by molar-refractivity contribution is 0.0736. The topological polar surface area (TPSA) is 15.3 Å². The highest BCUT2D eigenvalue weighted by Crippen LogP contribution is 2.45. The molecule has 20 heavy (non-hydrogen) atoms. The van der Waals surface area contributed by atoms with Gasteiger partial charge in [-0.25, -0.2) is 0 Å². The van der Waals surface area contributed by atoms with Crippen molar-refractivity contribution in [3.8, 4) is 0 Å². The second-order valence-corrected chi connectivity index (χ2v) is 8.89. The molecule has 0 amide bonds. The van der Waals surface area contributed by atoms with E-state index >= 15 is 0 Å². The molecule has 2 fully saturated rings. The molecule has 2 rings (SSSR count). The van der Waals surface area contributed by atoms with Crippen molar-refractivity contribution in [2.24, 2.45) is 10.8 Å². The SMILES string of the molecule is CCCN1CCC(NC2CC(C)(C)CC(C)(C)C2)CC1. The van der Waals surface area contributed by atoms with E-state index in [4.69, 9.17) is 0 Å². The van der Waals surface area contributed by atoms with Gasteiger partial charge in [-0.1, -0.05) is 34.6 Å². The van der Waals surface area contributed by atoms with Crippen molar-refractivity contribution in [1.82, 2.24) is 10.2 Å². The largest absolute Gasteiger partial charge is 0.311 e. The van der Waals surface area contributed by atoms with Gasteiger partial charge in [0.1, 0.15) is 0 Å². The summed E-state index contributed by atoms with van der Waals surface area (Å²) in [6, 6.07) is 1.49. The first-order valence-corrected chi connectivity index (χ1v) is 8.78. The zero-order valence-electron chi connectivity index (χ0n) is 14.5. The van der Waals surface area contributed by atoms with Crippen molar-refractivity contribution in [2.45, 2.75) is 85.2 Å². The third kappa shape index (κ3) is 4.73. The Morgan fingerprint density at radius 3 is 2.00 bits per heavy atom. The van der Waals surface area contributed by atoms with Crippen molar-refractivity contribution in [3.63, 3.8) is 0 Å². The van der Waals surface area contributed by atoms with E-state index in [9.17, 15) is 0 Å². The third-order valence-corrected chi connectivity index (χ3v) is 5.15. The summed E-state index contributed by atoms with van der Waals surface area (Å²) >= 11 is 0. The summed E-state index contributed by atoms with van der Waals surface area (Å²) in [7, 11) is 0. The summed E-state index contributed by atoms with van der Waals surface area (Å²) in [5.74, 6) is 0. The average molecular weight is 280 g/mol. The Morgan fingerprint density at radius 2 is 1.50 bits per heavy atom. The zero-order chi connectivity index (χ0) is 14.8. The molecule has 1 saturated carbocycles. The van der Waals surface area contributed by atoms with Gasteiger partial charge >= 0.3 is 0 Å². The molecule has 0 bridgehead atoms. The van der Waals surface area contributed by atoms with Crippen LogP contribution in [0.3, 0.4) is 0 Å². The molecule has 0 atom stereocenters. The predicted molar refractivity (Wildman–Crippen MR) is 88.1 cm³/mol. The summed E-state index contributed by atoms with van der Waals surface area (Å²) < 4.78 is 0. The van der Waals surface area contributed by atoms with Gasteiger partial charge in [-0.15, -0.1) is 0 Å². The third-order valence-electron chi connectivity index (χ3n) is 5.15. The van der Waals surface area contributed by atoms with E-state index in [0.717, 1.165) is 12.1 Å². The van der Waals surface area contributed by atoms with Crippen LogP contribution < -0.4 is 5.32 Å². The second kappa shape index (κ2) is 6.36. The van der Waals surface area contributed by atoms with Crippen molar-refractivity contribution in [1.29, 1.82) is 0 Å². The molecule has 0 unspecified atom stereocenters. The number of rotatable bonds is 4. The smallest absolute Gasteiger partial charge is 0.00940 e. The molecular weight excluding hydrogens is 244 g/mol. The molecule has 1 saturated heterocycles. The maximum absolute atomic E-state index is 4.01. The number of likely N-dealkylation sites (tertiary alicyclic amines) is 1. The van der Waals surface area contributed by atoms with Gasteiger partial charge < -0.3 is 10.2 Å². The number of piperidine rings is 1. The van der Waals surface area contributed by atoms with Gasteiger partial charge in [0.05, 0.1) is 0 Å². The fourth-order valence-electron chi connectivity index (χ4n) is 4.94. The van der Waals surface area contributed by atoms with Crippen LogP contribution in [0.25, 0.3) is 0 Å². The van der Waals surface area contributed by atoms with Crippen molar-refractivity contribution in [2.75, 3.05) is 19.6 Å². The molecule has 1 aliphatic heterocycles. The molecule has 1 aliphatic carbocycles. The lowest BCUT2D eigenvalue weighted by Gasteiger charge is -2.47. The average Bonchev–Trinajstić information content (AvgIpc) is 2.28. The van der Waals surface area contributed by atoms with E-state index in [1.807, 2.05) is 0 Å². The van der Waals surface area contributed by atoms with E-state index in [1.165, 1.54) is 58.2 Å². The highest BCUT2D eigenvalue weighted by molar-refractivity contribution is 4.94. The number of hydrogen-bond donors (Lipinski definition) is 1. The van der Waals surface area contributed by atoms with Gasteiger partial charge in [-0.05, 0) is 69.0 Å². The minimum atomic E-state index is 0.502. The normalized spacial score (nSPS) is 28.6. The predicted octanol–water partition coefficient (Wildman–Crippen LogP) is 4.06. The Kier molecular flexibility index (Phi) is 5.18. The molecule has 0 aromatic rings. The van der Waals surface area contributed by atoms with Crippen LogP contribution in [0.1, 0.15) is 73.1 Å². The first kappa shape index (κ1) is 16.3. The van der Waals surface area contributed by atoms with Gasteiger partial charge in [-0.3, -0.25) is 0 Å². The van der Waals surface area contributed by atoms with E-state index in [-0.39, 0.29) is 0 Å². The standard InChI is InChI=1S/C18H36N2/c1-6-9-20-10-7-15(8-11-20)19-16-12-17(2,3)14-18(4,5)13-16/h15-16,19H,6-14H2,1-5H3. The molecule has 0 spiro atoms. The summed E-state index contributed by atoms with van der Waals surface area (Å²) in [5, 5.41) is 4.01. The monoisotopic (exact) mass is 280 g/mol. The highest BCUT2D eigenvalue weighted by Gasteiger charge is 2.39. The van der Waals surface area contributed by atoms with Crippen LogP contribution in [0.15, 0.2) is 0 Å². The van der Waals surface area contributed by atoms with Crippen molar-refractivity contribution < 1.29 is 0 Å². The first-order valence-electron chi connectivity index (χ1n) is 8.78. The molecule has 118 valence electrons. The maximum atomic E-state index is 4.01. The van der Waals surface area contributed by atoms with Crippen LogP contribution >= 0.6 is 0 Å². The molecule has 1 heterocycles. The molecule has 0 aromatic heterocycles. The molecule has 0 radical (unpaired) electrons. The zero-order valence-corrected chi connectivity index (χ0v) is 14.5. The second-order valence-electron chi connectivity index (χ2n) is 8.89. The van der Waals surface area contributed by atoms with Gasteiger partial charge in [0, 0.05) is 12.1 Å². The van der Waals surface area contributed by atoms with Crippen molar-refractivity contribution >= 4 is 0 Å². The van der Waals surface area contributed by atoms with Crippen molar-refractivity contribution in [3.05, 3.63) is 0 Å². The Balaban J connectivity index is 1.82. The number of hydrogen-bond acceptors (Lipinski definition) is 2. The minimum Gasteiger partial charge on any atom is -0.311 e. The molecular formula is C18H36N2.